The standard InChI is InChI=1S/C48H102N2O12P2/c1-9-11-13-15-29-33-39-57-47(45-61-63(51,52)59-41-35-49(3,4)5)43-55-37-31-27-25-23-21-19-17-18-20-22-24-26-28-32-38-56-44-48(58-40-34-30-16-14-12-10-2)46-62-64(53,54)60-42-36-50(6,7)8/h47-48H,9-46H2,1-8H3/t47-,48-/m1/s1. The summed E-state index contributed by atoms with van der Waals surface area (Å²) in [5.74, 6) is 0. The van der Waals surface area contributed by atoms with Crippen LogP contribution in [-0.2, 0) is 46.2 Å². The van der Waals surface area contributed by atoms with Crippen molar-refractivity contribution in [2.75, 3.05) is 121 Å². The van der Waals surface area contributed by atoms with Crippen LogP contribution < -0.4 is 9.79 Å². The van der Waals surface area contributed by atoms with Gasteiger partial charge in [0, 0.05) is 26.4 Å². The normalized spacial score (nSPS) is 15.3. The molecule has 0 saturated carbocycles. The highest BCUT2D eigenvalue weighted by molar-refractivity contribution is 7.46. The Kier molecular flexibility index (Phi) is 41.9. The van der Waals surface area contributed by atoms with E-state index in [1.54, 1.807) is 0 Å². The van der Waals surface area contributed by atoms with Crippen molar-refractivity contribution in [1.29, 1.82) is 0 Å². The van der Waals surface area contributed by atoms with E-state index in [0.717, 1.165) is 51.4 Å². The van der Waals surface area contributed by atoms with Crippen LogP contribution >= 0.6 is 15.6 Å². The lowest BCUT2D eigenvalue weighted by Gasteiger charge is -2.28. The maximum absolute atomic E-state index is 12.3. The average Bonchev–Trinajstić information content (AvgIpc) is 3.21. The molecular formula is C48H102N2O12P2. The molecule has 0 aliphatic carbocycles. The fourth-order valence-electron chi connectivity index (χ4n) is 6.79. The van der Waals surface area contributed by atoms with Gasteiger partial charge in [-0.1, -0.05) is 155 Å². The van der Waals surface area contributed by atoms with Gasteiger partial charge in [-0.05, 0) is 25.7 Å². The molecule has 0 N–H and O–H groups in total. The fraction of sp³-hybridized carbons (Fsp3) is 1.00. The number of nitrogens with zero attached hydrogens (tertiary/aromatic N) is 2. The van der Waals surface area contributed by atoms with Crippen LogP contribution in [0.15, 0.2) is 0 Å². The molecule has 0 aliphatic rings. The van der Waals surface area contributed by atoms with Crippen molar-refractivity contribution in [1.82, 2.24) is 0 Å². The lowest BCUT2D eigenvalue weighted by atomic mass is 10.0. The van der Waals surface area contributed by atoms with Gasteiger partial charge in [0.05, 0.1) is 68.7 Å². The van der Waals surface area contributed by atoms with E-state index in [9.17, 15) is 18.9 Å². The highest BCUT2D eigenvalue weighted by Gasteiger charge is 2.19. The summed E-state index contributed by atoms with van der Waals surface area (Å²) in [6.07, 6.45) is 29.8. The minimum atomic E-state index is -4.41. The van der Waals surface area contributed by atoms with E-state index in [0.29, 0.717) is 61.7 Å². The second kappa shape index (κ2) is 41.9. The molecule has 0 fully saturated rings. The molecular weight excluding hydrogens is 858 g/mol. The lowest BCUT2D eigenvalue weighted by Crippen LogP contribution is -2.37. The van der Waals surface area contributed by atoms with Crippen molar-refractivity contribution in [3.05, 3.63) is 0 Å². The van der Waals surface area contributed by atoms with E-state index in [-0.39, 0.29) is 26.4 Å². The molecule has 0 aromatic rings. The topological polar surface area (TPSA) is 154 Å². The maximum atomic E-state index is 12.3. The van der Waals surface area contributed by atoms with Crippen molar-refractivity contribution in [2.45, 2.75) is 193 Å². The van der Waals surface area contributed by atoms with Crippen molar-refractivity contribution in [3.8, 4) is 0 Å². The van der Waals surface area contributed by atoms with Gasteiger partial charge in [0.25, 0.3) is 15.6 Å². The Labute approximate surface area is 393 Å². The monoisotopic (exact) mass is 961 g/mol. The largest absolute Gasteiger partial charge is 0.756 e. The van der Waals surface area contributed by atoms with Crippen molar-refractivity contribution >= 4 is 15.6 Å². The molecule has 14 nitrogen and oxygen atoms in total. The number of unbranched alkanes of at least 4 members (excludes halogenated alkanes) is 23. The van der Waals surface area contributed by atoms with Crippen LogP contribution in [0.25, 0.3) is 0 Å². The van der Waals surface area contributed by atoms with Crippen LogP contribution in [0.1, 0.15) is 181 Å². The molecule has 0 aromatic carbocycles. The van der Waals surface area contributed by atoms with E-state index in [1.165, 1.54) is 116 Å². The molecule has 386 valence electrons. The van der Waals surface area contributed by atoms with E-state index in [1.807, 2.05) is 42.3 Å². The summed E-state index contributed by atoms with van der Waals surface area (Å²) in [5.41, 5.74) is 0. The Balaban J connectivity index is 4.08. The summed E-state index contributed by atoms with van der Waals surface area (Å²) in [6, 6.07) is 0. The van der Waals surface area contributed by atoms with Crippen LogP contribution in [-0.4, -0.2) is 143 Å². The number of phosphoric acid groups is 2. The zero-order valence-corrected chi connectivity index (χ0v) is 44.5. The highest BCUT2D eigenvalue weighted by Crippen LogP contribution is 2.39. The van der Waals surface area contributed by atoms with E-state index in [4.69, 9.17) is 37.0 Å². The molecule has 0 radical (unpaired) electrons. The summed E-state index contributed by atoms with van der Waals surface area (Å²) in [4.78, 5) is 24.7. The summed E-state index contributed by atoms with van der Waals surface area (Å²) in [7, 11) is 3.07. The number of rotatable bonds is 51. The molecule has 16 heteroatoms. The third-order valence-corrected chi connectivity index (χ3v) is 12.9. The maximum Gasteiger partial charge on any atom is 0.268 e. The van der Waals surface area contributed by atoms with Gasteiger partial charge in [0.15, 0.2) is 0 Å². The lowest BCUT2D eigenvalue weighted by molar-refractivity contribution is -0.870. The third-order valence-electron chi connectivity index (χ3n) is 11.0. The second-order valence-corrected chi connectivity index (χ2v) is 22.6. The number of ether oxygens (including phenoxy) is 4. The minimum Gasteiger partial charge on any atom is -0.756 e. The quantitative estimate of drug-likeness (QED) is 0.0324. The first-order valence-corrected chi connectivity index (χ1v) is 28.6. The smallest absolute Gasteiger partial charge is 0.268 e. The van der Waals surface area contributed by atoms with Gasteiger partial charge in [0.1, 0.15) is 38.5 Å². The molecule has 0 heterocycles. The molecule has 0 spiro atoms. The van der Waals surface area contributed by atoms with Gasteiger partial charge >= 0.3 is 0 Å². The van der Waals surface area contributed by atoms with Crippen LogP contribution in [0.5, 0.6) is 0 Å². The molecule has 0 saturated heterocycles. The average molecular weight is 961 g/mol. The van der Waals surface area contributed by atoms with Crippen molar-refractivity contribution in [3.63, 3.8) is 0 Å². The minimum absolute atomic E-state index is 0.0790. The van der Waals surface area contributed by atoms with Gasteiger partial charge in [0.2, 0.25) is 0 Å². The summed E-state index contributed by atoms with van der Waals surface area (Å²) in [5, 5.41) is 0. The number of quaternary nitrogens is 2. The first kappa shape index (κ1) is 64.0. The van der Waals surface area contributed by atoms with Crippen molar-refractivity contribution < 1.29 is 64.9 Å². The highest BCUT2D eigenvalue weighted by atomic mass is 31.2. The van der Waals surface area contributed by atoms with Crippen LogP contribution in [0, 0.1) is 0 Å². The predicted octanol–water partition coefficient (Wildman–Crippen LogP) is 10.4. The van der Waals surface area contributed by atoms with Gasteiger partial charge in [-0.25, -0.2) is 0 Å². The van der Waals surface area contributed by atoms with E-state index >= 15 is 0 Å². The fourth-order valence-corrected chi connectivity index (χ4v) is 8.25. The van der Waals surface area contributed by atoms with Gasteiger partial charge in [-0.2, -0.15) is 0 Å². The molecule has 0 amide bonds. The Morgan fingerprint density at radius 3 is 0.906 bits per heavy atom. The van der Waals surface area contributed by atoms with Crippen LogP contribution in [0.2, 0.25) is 0 Å². The Morgan fingerprint density at radius 2 is 0.625 bits per heavy atom. The molecule has 4 atom stereocenters. The van der Waals surface area contributed by atoms with Gasteiger partial charge in [-0.3, -0.25) is 9.13 Å². The first-order valence-electron chi connectivity index (χ1n) is 25.7. The van der Waals surface area contributed by atoms with Gasteiger partial charge in [-0.15, -0.1) is 0 Å². The van der Waals surface area contributed by atoms with Crippen LogP contribution in [0.4, 0.5) is 0 Å². The second-order valence-electron chi connectivity index (χ2n) is 19.8. The Hall–Kier alpha value is -0.0200. The molecule has 64 heavy (non-hydrogen) atoms. The zero-order valence-electron chi connectivity index (χ0n) is 42.7. The third kappa shape index (κ3) is 48.4. The number of phosphoric ester groups is 2. The zero-order chi connectivity index (χ0) is 47.7. The first-order chi connectivity index (χ1) is 30.5. The van der Waals surface area contributed by atoms with Gasteiger partial charge < -0.3 is 55.8 Å². The van der Waals surface area contributed by atoms with E-state index < -0.39 is 27.9 Å². The molecule has 2 unspecified atom stereocenters. The number of hydrogen-bond donors (Lipinski definition) is 0. The molecule has 0 aromatic heterocycles. The Morgan fingerprint density at radius 1 is 0.359 bits per heavy atom. The molecule has 0 aliphatic heterocycles. The summed E-state index contributed by atoms with van der Waals surface area (Å²) < 4.78 is 70.2. The van der Waals surface area contributed by atoms with Crippen molar-refractivity contribution in [2.24, 2.45) is 0 Å². The summed E-state index contributed by atoms with van der Waals surface area (Å²) >= 11 is 0. The van der Waals surface area contributed by atoms with E-state index in [2.05, 4.69) is 13.8 Å². The number of likely N-dealkylation sites (N-methyl/N-ethyl adjacent to an activating group) is 2. The molecule has 0 bridgehead atoms. The predicted molar refractivity (Wildman–Crippen MR) is 257 cm³/mol. The molecule has 0 rings (SSSR count). The SMILES string of the molecule is CCCCCCCCO[C@H](COCCCCCCCCCCCCCCCCOC[C@H](COP(=O)([O-])OCC[N+](C)(C)C)OCCCCCCCC)COP(=O)([O-])OCC[N+](C)(C)C. The Bertz CT molecular complexity index is 1030. The summed E-state index contributed by atoms with van der Waals surface area (Å²) in [6.45, 7) is 8.50. The number of hydrogen-bond acceptors (Lipinski definition) is 12. The van der Waals surface area contributed by atoms with Crippen LogP contribution in [0.3, 0.4) is 0 Å².